The molecule has 5 nitrogen and oxygen atoms in total. The molecular weight excluding hydrogens is 360 g/mol. The highest BCUT2D eigenvalue weighted by Gasteiger charge is 2.18. The molecular formula is C24H18N4O. The van der Waals surface area contributed by atoms with Crippen molar-refractivity contribution in [1.29, 1.82) is 5.26 Å². The summed E-state index contributed by atoms with van der Waals surface area (Å²) in [5.41, 5.74) is 4.44. The lowest BCUT2D eigenvalue weighted by molar-refractivity contribution is 0.102. The molecule has 140 valence electrons. The maximum Gasteiger partial charge on any atom is 0.259 e. The van der Waals surface area contributed by atoms with Crippen LogP contribution in [-0.2, 0) is 6.42 Å². The number of amides is 1. The van der Waals surface area contributed by atoms with E-state index in [2.05, 4.69) is 16.5 Å². The largest absolute Gasteiger partial charge is 0.322 e. The summed E-state index contributed by atoms with van der Waals surface area (Å²) in [7, 11) is 0. The molecule has 0 bridgehead atoms. The van der Waals surface area contributed by atoms with E-state index in [9.17, 15) is 4.79 Å². The number of nitriles is 1. The van der Waals surface area contributed by atoms with E-state index in [0.29, 0.717) is 23.4 Å². The van der Waals surface area contributed by atoms with Gasteiger partial charge in [0.15, 0.2) is 0 Å². The Hall–Kier alpha value is -4.17. The molecule has 29 heavy (non-hydrogen) atoms. The predicted octanol–water partition coefficient (Wildman–Crippen LogP) is 4.86. The van der Waals surface area contributed by atoms with Crippen LogP contribution in [0.2, 0.25) is 0 Å². The van der Waals surface area contributed by atoms with Crippen molar-refractivity contribution < 1.29 is 4.79 Å². The maximum absolute atomic E-state index is 13.0. The van der Waals surface area contributed by atoms with Gasteiger partial charge in [-0.15, -0.1) is 0 Å². The highest BCUT2D eigenvalue weighted by atomic mass is 16.1. The third-order valence-corrected chi connectivity index (χ3v) is 4.52. The number of hydrogen-bond donors (Lipinski definition) is 1. The summed E-state index contributed by atoms with van der Waals surface area (Å²) in [5.74, 6) is -0.237. The molecule has 0 spiro atoms. The molecule has 0 saturated carbocycles. The standard InChI is InChI=1S/C24H18N4O/c25-16-15-18-11-13-20(14-12-18)26-24(29)22-17-28(21-9-5-2-6-10-21)27-23(22)19-7-3-1-4-8-19/h1-14,17H,15H2,(H,26,29). The van der Waals surface area contributed by atoms with Gasteiger partial charge in [0.1, 0.15) is 5.69 Å². The lowest BCUT2D eigenvalue weighted by atomic mass is 10.1. The number of rotatable bonds is 5. The fourth-order valence-electron chi connectivity index (χ4n) is 3.06. The molecule has 4 rings (SSSR count). The molecule has 3 aromatic carbocycles. The first kappa shape index (κ1) is 18.2. The van der Waals surface area contributed by atoms with Crippen molar-refractivity contribution in [1.82, 2.24) is 9.78 Å². The van der Waals surface area contributed by atoms with E-state index < -0.39 is 0 Å². The van der Waals surface area contributed by atoms with Crippen LogP contribution < -0.4 is 5.32 Å². The fraction of sp³-hybridized carbons (Fsp3) is 0.0417. The molecule has 0 aliphatic rings. The minimum absolute atomic E-state index is 0.237. The molecule has 4 aromatic rings. The summed E-state index contributed by atoms with van der Waals surface area (Å²) in [6.45, 7) is 0. The highest BCUT2D eigenvalue weighted by Crippen LogP contribution is 2.24. The summed E-state index contributed by atoms with van der Waals surface area (Å²) in [6, 6.07) is 28.7. The zero-order chi connectivity index (χ0) is 20.1. The Kier molecular flexibility index (Phi) is 5.17. The zero-order valence-corrected chi connectivity index (χ0v) is 15.6. The second kappa shape index (κ2) is 8.24. The summed E-state index contributed by atoms with van der Waals surface area (Å²) in [4.78, 5) is 13.0. The van der Waals surface area contributed by atoms with Gasteiger partial charge in [-0.05, 0) is 29.8 Å². The topological polar surface area (TPSA) is 70.7 Å². The lowest BCUT2D eigenvalue weighted by Crippen LogP contribution is -2.12. The highest BCUT2D eigenvalue weighted by molar-refractivity contribution is 6.08. The van der Waals surface area contributed by atoms with Crippen molar-refractivity contribution in [2.45, 2.75) is 6.42 Å². The van der Waals surface area contributed by atoms with Crippen LogP contribution in [0.3, 0.4) is 0 Å². The number of nitrogens with one attached hydrogen (secondary N) is 1. The Balaban J connectivity index is 1.68. The van der Waals surface area contributed by atoms with Gasteiger partial charge in [0.25, 0.3) is 5.91 Å². The Morgan fingerprint density at radius 2 is 1.59 bits per heavy atom. The van der Waals surface area contributed by atoms with Gasteiger partial charge in [-0.25, -0.2) is 4.68 Å². The van der Waals surface area contributed by atoms with E-state index in [-0.39, 0.29) is 5.91 Å². The molecule has 0 aliphatic carbocycles. The third kappa shape index (κ3) is 4.07. The maximum atomic E-state index is 13.0. The first-order valence-electron chi connectivity index (χ1n) is 9.22. The Labute approximate surface area is 168 Å². The molecule has 0 radical (unpaired) electrons. The second-order valence-corrected chi connectivity index (χ2v) is 6.52. The molecule has 0 unspecified atom stereocenters. The van der Waals surface area contributed by atoms with Crippen molar-refractivity contribution in [2.75, 3.05) is 5.32 Å². The lowest BCUT2D eigenvalue weighted by Gasteiger charge is -2.06. The van der Waals surface area contributed by atoms with Crippen LogP contribution in [0, 0.1) is 11.3 Å². The average Bonchev–Trinajstić information content (AvgIpc) is 3.22. The van der Waals surface area contributed by atoms with Crippen molar-refractivity contribution in [2.24, 2.45) is 0 Å². The minimum Gasteiger partial charge on any atom is -0.322 e. The van der Waals surface area contributed by atoms with Crippen LogP contribution in [0.25, 0.3) is 16.9 Å². The van der Waals surface area contributed by atoms with Crippen molar-refractivity contribution >= 4 is 11.6 Å². The molecule has 1 N–H and O–H groups in total. The molecule has 1 aromatic heterocycles. The molecule has 5 heteroatoms. The van der Waals surface area contributed by atoms with Gasteiger partial charge in [0.2, 0.25) is 0 Å². The van der Waals surface area contributed by atoms with Crippen LogP contribution in [0.4, 0.5) is 5.69 Å². The molecule has 0 fully saturated rings. The first-order chi connectivity index (χ1) is 14.2. The van der Waals surface area contributed by atoms with Crippen molar-refractivity contribution in [3.63, 3.8) is 0 Å². The van der Waals surface area contributed by atoms with Crippen molar-refractivity contribution in [3.8, 4) is 23.0 Å². The van der Waals surface area contributed by atoms with Gasteiger partial charge >= 0.3 is 0 Å². The number of hydrogen-bond acceptors (Lipinski definition) is 3. The number of para-hydroxylation sites is 1. The molecule has 0 saturated heterocycles. The van der Waals surface area contributed by atoms with Gasteiger partial charge in [0, 0.05) is 17.4 Å². The number of aromatic nitrogens is 2. The van der Waals surface area contributed by atoms with Gasteiger partial charge < -0.3 is 5.32 Å². The van der Waals surface area contributed by atoms with Crippen LogP contribution in [0.5, 0.6) is 0 Å². The second-order valence-electron chi connectivity index (χ2n) is 6.52. The summed E-state index contributed by atoms with van der Waals surface area (Å²) >= 11 is 0. The third-order valence-electron chi connectivity index (χ3n) is 4.52. The van der Waals surface area contributed by atoms with Crippen LogP contribution in [0.1, 0.15) is 15.9 Å². The van der Waals surface area contributed by atoms with Crippen LogP contribution >= 0.6 is 0 Å². The average molecular weight is 378 g/mol. The van der Waals surface area contributed by atoms with Crippen molar-refractivity contribution in [3.05, 3.63) is 102 Å². The monoisotopic (exact) mass is 378 g/mol. The number of benzene rings is 3. The number of anilines is 1. The Bertz CT molecular complexity index is 1160. The number of nitrogens with zero attached hydrogens (tertiary/aromatic N) is 3. The minimum atomic E-state index is -0.237. The number of carbonyl (C=O) groups is 1. The molecule has 1 amide bonds. The Morgan fingerprint density at radius 3 is 2.24 bits per heavy atom. The molecule has 1 heterocycles. The fourth-order valence-corrected chi connectivity index (χ4v) is 3.06. The van der Waals surface area contributed by atoms with E-state index in [0.717, 1.165) is 16.8 Å². The first-order valence-corrected chi connectivity index (χ1v) is 9.22. The van der Waals surface area contributed by atoms with Gasteiger partial charge in [-0.2, -0.15) is 10.4 Å². The van der Waals surface area contributed by atoms with Crippen LogP contribution in [0.15, 0.2) is 91.1 Å². The summed E-state index contributed by atoms with van der Waals surface area (Å²) in [6.07, 6.45) is 2.09. The zero-order valence-electron chi connectivity index (χ0n) is 15.6. The summed E-state index contributed by atoms with van der Waals surface area (Å²) in [5, 5.41) is 16.4. The SMILES string of the molecule is N#CCc1ccc(NC(=O)c2cn(-c3ccccc3)nc2-c2ccccc2)cc1. The van der Waals surface area contributed by atoms with Gasteiger partial charge in [-0.1, -0.05) is 60.7 Å². The smallest absolute Gasteiger partial charge is 0.259 e. The van der Waals surface area contributed by atoms with E-state index >= 15 is 0 Å². The van der Waals surface area contributed by atoms with Gasteiger partial charge in [0.05, 0.1) is 23.7 Å². The Morgan fingerprint density at radius 1 is 0.931 bits per heavy atom. The molecule has 0 atom stereocenters. The van der Waals surface area contributed by atoms with E-state index in [1.165, 1.54) is 0 Å². The molecule has 0 aliphatic heterocycles. The van der Waals surface area contributed by atoms with Crippen LogP contribution in [-0.4, -0.2) is 15.7 Å². The quantitative estimate of drug-likeness (QED) is 0.539. The van der Waals surface area contributed by atoms with E-state index in [1.807, 2.05) is 72.8 Å². The van der Waals surface area contributed by atoms with E-state index in [1.54, 1.807) is 23.0 Å². The summed E-state index contributed by atoms with van der Waals surface area (Å²) < 4.78 is 1.72. The van der Waals surface area contributed by atoms with E-state index in [4.69, 9.17) is 5.26 Å². The van der Waals surface area contributed by atoms with Gasteiger partial charge in [-0.3, -0.25) is 4.79 Å². The number of carbonyl (C=O) groups excluding carboxylic acids is 1. The predicted molar refractivity (Wildman–Crippen MR) is 113 cm³/mol. The normalized spacial score (nSPS) is 10.3.